The Hall–Kier alpha value is -4.21. The van der Waals surface area contributed by atoms with Gasteiger partial charge in [-0.2, -0.15) is 0 Å². The van der Waals surface area contributed by atoms with Crippen molar-refractivity contribution in [2.45, 2.75) is 13.0 Å². The predicted molar refractivity (Wildman–Crippen MR) is 162 cm³/mol. The molecule has 1 aliphatic heterocycles. The van der Waals surface area contributed by atoms with E-state index in [2.05, 4.69) is 27.8 Å². The number of halogens is 1. The topological polar surface area (TPSA) is 81.9 Å². The number of aromatic nitrogens is 1. The van der Waals surface area contributed by atoms with Crippen LogP contribution in [0.4, 0.5) is 5.69 Å². The minimum Gasteiger partial charge on any atom is -0.497 e. The van der Waals surface area contributed by atoms with Crippen LogP contribution in [-0.4, -0.2) is 24.2 Å². The fourth-order valence-electron chi connectivity index (χ4n) is 4.46. The summed E-state index contributed by atoms with van der Waals surface area (Å²) in [6, 6.07) is 21.5. The van der Waals surface area contributed by atoms with Crippen LogP contribution in [0.3, 0.4) is 0 Å². The third-order valence-corrected chi connectivity index (χ3v) is 7.94. The second-order valence-electron chi connectivity index (χ2n) is 8.96. The number of fused-ring (bicyclic) bond motifs is 1. The number of rotatable bonds is 8. The van der Waals surface area contributed by atoms with Crippen LogP contribution < -0.4 is 29.7 Å². The molecule has 40 heavy (non-hydrogen) atoms. The van der Waals surface area contributed by atoms with Crippen LogP contribution in [0.5, 0.6) is 11.5 Å². The van der Waals surface area contributed by atoms with Gasteiger partial charge >= 0.3 is 0 Å². The lowest BCUT2D eigenvalue weighted by atomic mass is 9.95. The van der Waals surface area contributed by atoms with Crippen molar-refractivity contribution in [2.24, 2.45) is 4.99 Å². The van der Waals surface area contributed by atoms with Gasteiger partial charge < -0.3 is 14.8 Å². The number of carbonyl (C=O) groups is 1. The second kappa shape index (κ2) is 11.9. The number of benzene rings is 3. The minimum absolute atomic E-state index is 0.231. The van der Waals surface area contributed by atoms with E-state index in [4.69, 9.17) is 14.5 Å². The first kappa shape index (κ1) is 27.4. The van der Waals surface area contributed by atoms with Crippen LogP contribution in [-0.2, 0) is 4.79 Å². The Kier molecular flexibility index (Phi) is 8.14. The molecule has 1 N–H and O–H groups in total. The van der Waals surface area contributed by atoms with Crippen molar-refractivity contribution in [2.75, 3.05) is 19.0 Å². The lowest BCUT2D eigenvalue weighted by Gasteiger charge is -2.25. The molecule has 0 radical (unpaired) electrons. The molecular weight excluding hydrogens is 590 g/mol. The Morgan fingerprint density at radius 3 is 2.58 bits per heavy atom. The molecule has 0 saturated carbocycles. The Bertz CT molecular complexity index is 1790. The normalized spacial score (nSPS) is 14.8. The molecule has 1 aliphatic rings. The van der Waals surface area contributed by atoms with Crippen molar-refractivity contribution in [1.82, 2.24) is 4.57 Å². The monoisotopic (exact) mass is 615 g/mol. The first-order valence-corrected chi connectivity index (χ1v) is 14.1. The summed E-state index contributed by atoms with van der Waals surface area (Å²) < 4.78 is 13.8. The quantitative estimate of drug-likeness (QED) is 0.276. The number of nitrogens with one attached hydrogen (secondary N) is 1. The van der Waals surface area contributed by atoms with Gasteiger partial charge in [0.2, 0.25) is 0 Å². The van der Waals surface area contributed by atoms with E-state index in [0.29, 0.717) is 44.4 Å². The number of thiazole rings is 1. The maximum atomic E-state index is 13.9. The maximum absolute atomic E-state index is 13.9. The summed E-state index contributed by atoms with van der Waals surface area (Å²) in [4.78, 5) is 32.8. The number of allylic oxidation sites excluding steroid dienone is 1. The molecule has 4 aromatic rings. The van der Waals surface area contributed by atoms with E-state index in [1.165, 1.54) is 11.3 Å². The fraction of sp³-hybridized carbons (Fsp3) is 0.129. The molecule has 1 atom stereocenters. The summed E-state index contributed by atoms with van der Waals surface area (Å²) in [5.41, 5.74) is 2.97. The number of ether oxygens (including phenoxy) is 2. The van der Waals surface area contributed by atoms with E-state index in [9.17, 15) is 9.59 Å². The van der Waals surface area contributed by atoms with Gasteiger partial charge in [-0.05, 0) is 76.5 Å². The van der Waals surface area contributed by atoms with E-state index in [0.717, 1.165) is 15.6 Å². The van der Waals surface area contributed by atoms with Crippen LogP contribution >= 0.6 is 27.3 Å². The lowest BCUT2D eigenvalue weighted by molar-refractivity contribution is -0.113. The van der Waals surface area contributed by atoms with Gasteiger partial charge in [0.1, 0.15) is 18.1 Å². The molecule has 0 fully saturated rings. The van der Waals surface area contributed by atoms with Gasteiger partial charge in [-0.3, -0.25) is 14.2 Å². The third-order valence-electron chi connectivity index (χ3n) is 6.34. The molecule has 0 bridgehead atoms. The molecule has 7 nitrogen and oxygen atoms in total. The van der Waals surface area contributed by atoms with Gasteiger partial charge in [-0.15, -0.1) is 0 Å². The first-order valence-electron chi connectivity index (χ1n) is 12.5. The number of nitrogens with zero attached hydrogens (tertiary/aromatic N) is 2. The summed E-state index contributed by atoms with van der Waals surface area (Å²) in [6.45, 7) is 5.86. The van der Waals surface area contributed by atoms with Gasteiger partial charge in [-0.1, -0.05) is 60.4 Å². The highest BCUT2D eigenvalue weighted by Gasteiger charge is 2.32. The number of carbonyl (C=O) groups excluding carboxylic acids is 1. The van der Waals surface area contributed by atoms with Crippen LogP contribution in [0, 0.1) is 0 Å². The molecule has 9 heteroatoms. The highest BCUT2D eigenvalue weighted by atomic mass is 79.9. The average Bonchev–Trinajstić information content (AvgIpc) is 3.26. The van der Waals surface area contributed by atoms with Gasteiger partial charge in [0, 0.05) is 5.69 Å². The number of anilines is 1. The zero-order valence-corrected chi connectivity index (χ0v) is 24.3. The molecule has 0 aliphatic carbocycles. The second-order valence-corrected chi connectivity index (χ2v) is 10.8. The molecule has 2 heterocycles. The van der Waals surface area contributed by atoms with Gasteiger partial charge in [0.25, 0.3) is 11.5 Å². The van der Waals surface area contributed by atoms with Crippen LogP contribution in [0.2, 0.25) is 0 Å². The SMILES string of the molecule is C=CCOc1ccc(/C=c2/sc3n(c2=O)[C@@H](c2ccc(OC)cc2)C(C(=O)Nc2ccccc2)=C(C)N=3)cc1Br. The van der Waals surface area contributed by atoms with E-state index >= 15 is 0 Å². The number of amides is 1. The first-order chi connectivity index (χ1) is 19.4. The molecule has 202 valence electrons. The summed E-state index contributed by atoms with van der Waals surface area (Å²) in [5, 5.41) is 2.96. The van der Waals surface area contributed by atoms with E-state index in [1.807, 2.05) is 78.9 Å². The molecule has 5 rings (SSSR count). The highest BCUT2D eigenvalue weighted by molar-refractivity contribution is 9.10. The Balaban J connectivity index is 1.62. The third kappa shape index (κ3) is 5.57. The van der Waals surface area contributed by atoms with Crippen LogP contribution in [0.25, 0.3) is 6.08 Å². The Morgan fingerprint density at radius 2 is 1.90 bits per heavy atom. The van der Waals surface area contributed by atoms with Crippen molar-refractivity contribution < 1.29 is 14.3 Å². The summed E-state index contributed by atoms with van der Waals surface area (Å²) >= 11 is 4.82. The molecule has 0 spiro atoms. The zero-order chi connectivity index (χ0) is 28.2. The predicted octanol–water partition coefficient (Wildman–Crippen LogP) is 5.21. The average molecular weight is 617 g/mol. The molecule has 1 aromatic heterocycles. The van der Waals surface area contributed by atoms with Crippen molar-refractivity contribution in [3.8, 4) is 11.5 Å². The lowest BCUT2D eigenvalue weighted by Crippen LogP contribution is -2.40. The Morgan fingerprint density at radius 1 is 1.15 bits per heavy atom. The highest BCUT2D eigenvalue weighted by Crippen LogP contribution is 2.32. The van der Waals surface area contributed by atoms with Crippen molar-refractivity contribution in [1.29, 1.82) is 0 Å². The summed E-state index contributed by atoms with van der Waals surface area (Å²) in [7, 11) is 1.59. The molecule has 0 saturated heterocycles. The van der Waals surface area contributed by atoms with Gasteiger partial charge in [0.15, 0.2) is 4.80 Å². The van der Waals surface area contributed by atoms with Crippen LogP contribution in [0.15, 0.2) is 111 Å². The van der Waals surface area contributed by atoms with E-state index in [-0.39, 0.29) is 11.5 Å². The summed E-state index contributed by atoms with van der Waals surface area (Å²) in [6.07, 6.45) is 3.50. The Labute approximate surface area is 243 Å². The van der Waals surface area contributed by atoms with Crippen molar-refractivity contribution in [3.63, 3.8) is 0 Å². The van der Waals surface area contributed by atoms with Gasteiger partial charge in [0.05, 0.1) is 33.4 Å². The molecular formula is C31H26BrN3O4S. The standard InChI is InChI=1S/C31H26BrN3O4S/c1-4-16-39-25-15-10-20(17-24(25)32)18-26-30(37)35-28(21-11-13-23(38-3)14-12-21)27(19(2)33-31(35)40-26)29(36)34-22-8-6-5-7-9-22/h4-15,17-18,28H,1,16H2,2-3H3,(H,34,36)/b26-18+/t28-/m0/s1. The van der Waals surface area contributed by atoms with Crippen molar-refractivity contribution >= 4 is 44.9 Å². The minimum atomic E-state index is -0.672. The van der Waals surface area contributed by atoms with Crippen LogP contribution in [0.1, 0.15) is 24.1 Å². The number of para-hydroxylation sites is 1. The molecule has 0 unspecified atom stereocenters. The van der Waals surface area contributed by atoms with Gasteiger partial charge in [-0.25, -0.2) is 4.99 Å². The van der Waals surface area contributed by atoms with Crippen molar-refractivity contribution in [3.05, 3.63) is 132 Å². The smallest absolute Gasteiger partial charge is 0.271 e. The zero-order valence-electron chi connectivity index (χ0n) is 21.9. The summed E-state index contributed by atoms with van der Waals surface area (Å²) in [5.74, 6) is 1.04. The largest absolute Gasteiger partial charge is 0.497 e. The maximum Gasteiger partial charge on any atom is 0.271 e. The number of methoxy groups -OCH3 is 1. The van der Waals surface area contributed by atoms with E-state index in [1.54, 1.807) is 24.7 Å². The number of hydrogen-bond acceptors (Lipinski definition) is 6. The molecule has 1 amide bonds. The van der Waals surface area contributed by atoms with E-state index < -0.39 is 6.04 Å². The fourth-order valence-corrected chi connectivity index (χ4v) is 6.01. The number of hydrogen-bond donors (Lipinski definition) is 1. The molecule has 3 aromatic carbocycles.